The Kier molecular flexibility index (Phi) is 3.39. The van der Waals surface area contributed by atoms with Crippen LogP contribution in [0.4, 0.5) is 0 Å². The maximum Gasteiger partial charge on any atom is 0.345 e. The summed E-state index contributed by atoms with van der Waals surface area (Å²) >= 11 is 1.27. The van der Waals surface area contributed by atoms with E-state index in [0.29, 0.717) is 11.5 Å². The average Bonchev–Trinajstić information content (AvgIpc) is 2.89. The number of carboxylic acid groups (broad SMARTS) is 1. The Labute approximate surface area is 120 Å². The van der Waals surface area contributed by atoms with Crippen LogP contribution in [-0.4, -0.2) is 11.1 Å². The molecule has 1 heterocycles. The highest BCUT2D eigenvalue weighted by molar-refractivity contribution is 7.20. The lowest BCUT2D eigenvalue weighted by atomic mass is 10.2. The lowest BCUT2D eigenvalue weighted by Crippen LogP contribution is -1.94. The number of ether oxygens (including phenoxy) is 1. The predicted octanol–water partition coefficient (Wildman–Crippen LogP) is 4.18. The van der Waals surface area contributed by atoms with E-state index >= 15 is 0 Å². The second kappa shape index (κ2) is 5.35. The minimum Gasteiger partial charge on any atom is -0.489 e. The molecule has 1 N–H and O–H groups in total. The van der Waals surface area contributed by atoms with E-state index in [1.54, 1.807) is 6.07 Å². The van der Waals surface area contributed by atoms with Crippen LogP contribution in [0, 0.1) is 0 Å². The number of rotatable bonds is 4. The van der Waals surface area contributed by atoms with Crippen LogP contribution in [0.1, 0.15) is 15.2 Å². The van der Waals surface area contributed by atoms with E-state index in [2.05, 4.69) is 0 Å². The zero-order chi connectivity index (χ0) is 13.9. The molecule has 3 nitrogen and oxygen atoms in total. The molecule has 0 spiro atoms. The van der Waals surface area contributed by atoms with Crippen molar-refractivity contribution in [2.24, 2.45) is 0 Å². The predicted molar refractivity (Wildman–Crippen MR) is 79.6 cm³/mol. The van der Waals surface area contributed by atoms with Gasteiger partial charge in [-0.1, -0.05) is 30.3 Å². The highest BCUT2D eigenvalue weighted by Gasteiger charge is 2.08. The number of carbonyl (C=O) groups is 1. The van der Waals surface area contributed by atoms with Gasteiger partial charge in [0.25, 0.3) is 0 Å². The van der Waals surface area contributed by atoms with Crippen LogP contribution >= 0.6 is 11.3 Å². The number of fused-ring (bicyclic) bond motifs is 1. The Bertz CT molecular complexity index is 747. The van der Waals surface area contributed by atoms with Gasteiger partial charge in [0.05, 0.1) is 0 Å². The molecule has 2 aromatic carbocycles. The molecule has 0 aliphatic rings. The van der Waals surface area contributed by atoms with Gasteiger partial charge < -0.3 is 9.84 Å². The zero-order valence-electron chi connectivity index (χ0n) is 10.6. The monoisotopic (exact) mass is 284 g/mol. The molecular formula is C16H12O3S. The molecule has 0 saturated carbocycles. The van der Waals surface area contributed by atoms with Gasteiger partial charge in [-0.3, -0.25) is 0 Å². The third kappa shape index (κ3) is 2.65. The van der Waals surface area contributed by atoms with Gasteiger partial charge in [-0.05, 0) is 35.2 Å². The highest BCUT2D eigenvalue weighted by Crippen LogP contribution is 2.29. The first-order valence-electron chi connectivity index (χ1n) is 6.16. The van der Waals surface area contributed by atoms with Crippen molar-refractivity contribution >= 4 is 27.4 Å². The van der Waals surface area contributed by atoms with Crippen molar-refractivity contribution in [1.29, 1.82) is 0 Å². The van der Waals surface area contributed by atoms with Crippen molar-refractivity contribution < 1.29 is 14.6 Å². The van der Waals surface area contributed by atoms with E-state index in [0.717, 1.165) is 21.4 Å². The molecule has 0 fully saturated rings. The minimum absolute atomic E-state index is 0.347. The molecule has 0 saturated heterocycles. The molecule has 20 heavy (non-hydrogen) atoms. The molecule has 3 rings (SSSR count). The number of hydrogen-bond donors (Lipinski definition) is 1. The zero-order valence-corrected chi connectivity index (χ0v) is 11.4. The summed E-state index contributed by atoms with van der Waals surface area (Å²) in [4.78, 5) is 11.3. The van der Waals surface area contributed by atoms with Crippen LogP contribution in [-0.2, 0) is 6.61 Å². The molecule has 0 aliphatic heterocycles. The van der Waals surface area contributed by atoms with Crippen LogP contribution in [0.3, 0.4) is 0 Å². The summed E-state index contributed by atoms with van der Waals surface area (Å²) in [5, 5.41) is 9.89. The van der Waals surface area contributed by atoms with E-state index in [9.17, 15) is 4.79 Å². The summed E-state index contributed by atoms with van der Waals surface area (Å²) in [6.07, 6.45) is 0. The summed E-state index contributed by atoms with van der Waals surface area (Å²) in [6, 6.07) is 17.2. The summed E-state index contributed by atoms with van der Waals surface area (Å²) in [5.41, 5.74) is 1.10. The Morgan fingerprint density at radius 1 is 1.10 bits per heavy atom. The van der Waals surface area contributed by atoms with E-state index in [1.165, 1.54) is 11.3 Å². The SMILES string of the molecule is O=C(O)c1cc2cc(OCc3ccccc3)ccc2s1. The lowest BCUT2D eigenvalue weighted by Gasteiger charge is -2.06. The second-order valence-corrected chi connectivity index (χ2v) is 5.47. The van der Waals surface area contributed by atoms with Gasteiger partial charge in [0.1, 0.15) is 17.2 Å². The van der Waals surface area contributed by atoms with E-state index < -0.39 is 5.97 Å². The van der Waals surface area contributed by atoms with E-state index in [-0.39, 0.29) is 0 Å². The molecule has 1 aromatic heterocycles. The molecular weight excluding hydrogens is 272 g/mol. The normalized spacial score (nSPS) is 10.6. The Hall–Kier alpha value is -2.33. The Morgan fingerprint density at radius 2 is 1.90 bits per heavy atom. The minimum atomic E-state index is -0.891. The Morgan fingerprint density at radius 3 is 2.65 bits per heavy atom. The van der Waals surface area contributed by atoms with Crippen molar-refractivity contribution in [2.75, 3.05) is 0 Å². The molecule has 0 unspecified atom stereocenters. The molecule has 0 amide bonds. The fourth-order valence-electron chi connectivity index (χ4n) is 1.96. The van der Waals surface area contributed by atoms with Crippen molar-refractivity contribution in [2.45, 2.75) is 6.61 Å². The van der Waals surface area contributed by atoms with Gasteiger partial charge in [0, 0.05) is 4.70 Å². The summed E-state index contributed by atoms with van der Waals surface area (Å²) in [5.74, 6) is -0.144. The van der Waals surface area contributed by atoms with Crippen LogP contribution < -0.4 is 4.74 Å². The third-order valence-corrected chi connectivity index (χ3v) is 4.05. The molecule has 0 radical (unpaired) electrons. The van der Waals surface area contributed by atoms with Gasteiger partial charge >= 0.3 is 5.97 Å². The molecule has 4 heteroatoms. The van der Waals surface area contributed by atoms with Gasteiger partial charge in [-0.25, -0.2) is 4.79 Å². The number of benzene rings is 2. The molecule has 0 atom stereocenters. The van der Waals surface area contributed by atoms with Crippen LogP contribution in [0.15, 0.2) is 54.6 Å². The van der Waals surface area contributed by atoms with Crippen molar-refractivity contribution in [3.63, 3.8) is 0 Å². The fraction of sp³-hybridized carbons (Fsp3) is 0.0625. The summed E-state index contributed by atoms with van der Waals surface area (Å²) in [6.45, 7) is 0.502. The van der Waals surface area contributed by atoms with Gasteiger partial charge in [0.15, 0.2) is 0 Å². The van der Waals surface area contributed by atoms with Gasteiger partial charge in [-0.15, -0.1) is 11.3 Å². The number of aromatic carboxylic acids is 1. The lowest BCUT2D eigenvalue weighted by molar-refractivity contribution is 0.0702. The number of hydrogen-bond acceptors (Lipinski definition) is 3. The summed E-state index contributed by atoms with van der Waals surface area (Å²) < 4.78 is 6.68. The first-order valence-corrected chi connectivity index (χ1v) is 6.97. The molecule has 100 valence electrons. The highest BCUT2D eigenvalue weighted by atomic mass is 32.1. The van der Waals surface area contributed by atoms with Crippen LogP contribution in [0.25, 0.3) is 10.1 Å². The molecule has 0 bridgehead atoms. The average molecular weight is 284 g/mol. The van der Waals surface area contributed by atoms with Gasteiger partial charge in [0.2, 0.25) is 0 Å². The third-order valence-electron chi connectivity index (χ3n) is 2.95. The topological polar surface area (TPSA) is 46.5 Å². The van der Waals surface area contributed by atoms with Crippen molar-refractivity contribution in [3.05, 3.63) is 65.0 Å². The standard InChI is InChI=1S/C16H12O3S/c17-16(18)15-9-12-8-13(6-7-14(12)20-15)19-10-11-4-2-1-3-5-11/h1-9H,10H2,(H,17,18). The smallest absolute Gasteiger partial charge is 0.345 e. The van der Waals surface area contributed by atoms with Crippen LogP contribution in [0.5, 0.6) is 5.75 Å². The van der Waals surface area contributed by atoms with Crippen molar-refractivity contribution in [3.8, 4) is 5.75 Å². The first kappa shape index (κ1) is 12.7. The van der Waals surface area contributed by atoms with Crippen molar-refractivity contribution in [1.82, 2.24) is 0 Å². The Balaban J connectivity index is 1.80. The van der Waals surface area contributed by atoms with Gasteiger partial charge in [-0.2, -0.15) is 0 Å². The van der Waals surface area contributed by atoms with E-state index in [1.807, 2.05) is 48.5 Å². The number of thiophene rings is 1. The number of carboxylic acids is 1. The first-order chi connectivity index (χ1) is 9.72. The second-order valence-electron chi connectivity index (χ2n) is 4.39. The van der Waals surface area contributed by atoms with E-state index in [4.69, 9.17) is 9.84 Å². The maximum absolute atomic E-state index is 10.9. The fourth-order valence-corrected chi connectivity index (χ4v) is 2.84. The quantitative estimate of drug-likeness (QED) is 0.781. The largest absolute Gasteiger partial charge is 0.489 e. The summed E-state index contributed by atoms with van der Waals surface area (Å²) in [7, 11) is 0. The molecule has 3 aromatic rings. The van der Waals surface area contributed by atoms with Crippen LogP contribution in [0.2, 0.25) is 0 Å². The molecule has 0 aliphatic carbocycles. The maximum atomic E-state index is 10.9.